The zero-order valence-corrected chi connectivity index (χ0v) is 17.2. The molecule has 1 aromatic heterocycles. The summed E-state index contributed by atoms with van der Waals surface area (Å²) in [5.41, 5.74) is 1.70. The van der Waals surface area contributed by atoms with Crippen molar-refractivity contribution < 1.29 is 19.4 Å². The van der Waals surface area contributed by atoms with Gasteiger partial charge in [-0.15, -0.1) is 0 Å². The Hall–Kier alpha value is -3.55. The molecule has 30 heavy (non-hydrogen) atoms. The monoisotopic (exact) mass is 451 g/mol. The molecular formula is C18H15Cl2N5O5. The molecule has 0 saturated carbocycles. The van der Waals surface area contributed by atoms with E-state index in [0.717, 1.165) is 0 Å². The number of carbonyl (C=O) groups is 2. The molecule has 1 aromatic carbocycles. The first-order chi connectivity index (χ1) is 14.1. The highest BCUT2D eigenvalue weighted by atomic mass is 35.5. The van der Waals surface area contributed by atoms with Crippen LogP contribution in [0.1, 0.15) is 19.9 Å². The van der Waals surface area contributed by atoms with Gasteiger partial charge in [0.05, 0.1) is 21.9 Å². The Morgan fingerprint density at radius 3 is 2.43 bits per heavy atom. The molecule has 156 valence electrons. The fraction of sp³-hybridized carbons (Fsp3) is 0.167. The number of aromatic nitrogens is 1. The number of hydrogen-bond acceptors (Lipinski definition) is 7. The van der Waals surface area contributed by atoms with Gasteiger partial charge in [0.15, 0.2) is 5.75 Å². The standard InChI is InChI=1S/C18H15Cl2N5O5/c1-9(2)25-8-11(3-4-15(25)26)30-16-12(19)5-10(6-13(16)20)23-24-14(7-21)17(27)22-18(28)29/h3-6,8-9,23H,1-2H3,(H,22,27)(H,28,29). The lowest BCUT2D eigenvalue weighted by Gasteiger charge is -2.14. The van der Waals surface area contributed by atoms with Gasteiger partial charge in [0.25, 0.3) is 11.5 Å². The number of pyridine rings is 1. The zero-order valence-electron chi connectivity index (χ0n) is 15.6. The van der Waals surface area contributed by atoms with Crippen LogP contribution >= 0.6 is 23.2 Å². The van der Waals surface area contributed by atoms with Gasteiger partial charge in [0.1, 0.15) is 11.8 Å². The van der Waals surface area contributed by atoms with Crippen LogP contribution in [-0.2, 0) is 4.79 Å². The molecule has 3 N–H and O–H groups in total. The normalized spacial score (nSPS) is 11.0. The average molecular weight is 452 g/mol. The van der Waals surface area contributed by atoms with Gasteiger partial charge >= 0.3 is 6.09 Å². The fourth-order valence-corrected chi connectivity index (χ4v) is 2.75. The molecule has 0 aliphatic rings. The maximum atomic E-state index is 11.9. The molecule has 0 aliphatic heterocycles. The van der Waals surface area contributed by atoms with Crippen LogP contribution in [0.2, 0.25) is 10.0 Å². The van der Waals surface area contributed by atoms with Crippen molar-refractivity contribution in [2.45, 2.75) is 19.9 Å². The molecule has 0 unspecified atom stereocenters. The highest BCUT2D eigenvalue weighted by Crippen LogP contribution is 2.38. The van der Waals surface area contributed by atoms with Crippen molar-refractivity contribution in [3.8, 4) is 17.6 Å². The number of carboxylic acid groups (broad SMARTS) is 1. The van der Waals surface area contributed by atoms with Gasteiger partial charge in [-0.2, -0.15) is 10.4 Å². The van der Waals surface area contributed by atoms with Crippen LogP contribution in [0, 0.1) is 11.3 Å². The maximum absolute atomic E-state index is 11.9. The molecule has 0 fully saturated rings. The number of halogens is 2. The van der Waals surface area contributed by atoms with Crippen molar-refractivity contribution in [3.63, 3.8) is 0 Å². The first-order valence-electron chi connectivity index (χ1n) is 8.29. The van der Waals surface area contributed by atoms with Crippen LogP contribution in [-0.4, -0.2) is 27.4 Å². The third kappa shape index (κ3) is 5.73. The van der Waals surface area contributed by atoms with Gasteiger partial charge in [-0.1, -0.05) is 23.2 Å². The molecule has 2 aromatic rings. The first kappa shape index (κ1) is 22.7. The van der Waals surface area contributed by atoms with E-state index in [4.69, 9.17) is 38.3 Å². The van der Waals surface area contributed by atoms with E-state index in [1.165, 1.54) is 46.4 Å². The highest BCUT2D eigenvalue weighted by molar-refractivity contribution is 6.46. The van der Waals surface area contributed by atoms with Gasteiger partial charge in [0.2, 0.25) is 5.71 Å². The molecule has 0 aliphatic carbocycles. The van der Waals surface area contributed by atoms with Crippen LogP contribution in [0.3, 0.4) is 0 Å². The van der Waals surface area contributed by atoms with E-state index in [1.54, 1.807) is 0 Å². The summed E-state index contributed by atoms with van der Waals surface area (Å²) in [7, 11) is 0. The number of rotatable bonds is 6. The van der Waals surface area contributed by atoms with Crippen molar-refractivity contribution in [2.24, 2.45) is 5.10 Å². The van der Waals surface area contributed by atoms with E-state index < -0.39 is 17.7 Å². The van der Waals surface area contributed by atoms with Crippen LogP contribution in [0.4, 0.5) is 10.5 Å². The van der Waals surface area contributed by atoms with E-state index in [-0.39, 0.29) is 33.1 Å². The average Bonchev–Trinajstić information content (AvgIpc) is 2.65. The number of anilines is 1. The number of nitriles is 1. The van der Waals surface area contributed by atoms with Crippen molar-refractivity contribution in [3.05, 3.63) is 50.9 Å². The maximum Gasteiger partial charge on any atom is 0.411 e. The summed E-state index contributed by atoms with van der Waals surface area (Å²) in [6.07, 6.45) is -0.101. The number of carbonyl (C=O) groups excluding carboxylic acids is 1. The van der Waals surface area contributed by atoms with Crippen LogP contribution in [0.5, 0.6) is 11.5 Å². The van der Waals surface area contributed by atoms with Crippen molar-refractivity contribution >= 4 is 46.6 Å². The van der Waals surface area contributed by atoms with E-state index in [9.17, 15) is 14.4 Å². The van der Waals surface area contributed by atoms with Crippen LogP contribution in [0.15, 0.2) is 40.4 Å². The fourth-order valence-electron chi connectivity index (χ4n) is 2.19. The van der Waals surface area contributed by atoms with Gasteiger partial charge in [-0.25, -0.2) is 4.79 Å². The molecule has 10 nitrogen and oxygen atoms in total. The SMILES string of the molecule is CC(C)n1cc(Oc2c(Cl)cc(NN=C(C#N)C(=O)NC(=O)O)cc2Cl)ccc1=O. The largest absolute Gasteiger partial charge is 0.465 e. The summed E-state index contributed by atoms with van der Waals surface area (Å²) in [6.45, 7) is 3.69. The van der Waals surface area contributed by atoms with Crippen molar-refractivity contribution in [2.75, 3.05) is 5.43 Å². The van der Waals surface area contributed by atoms with E-state index in [1.807, 2.05) is 13.8 Å². The third-order valence-electron chi connectivity index (χ3n) is 3.52. The molecule has 1 heterocycles. The Labute approximate surface area is 180 Å². The summed E-state index contributed by atoms with van der Waals surface area (Å²) in [4.78, 5) is 33.8. The number of hydrogen-bond donors (Lipinski definition) is 3. The molecule has 12 heteroatoms. The van der Waals surface area contributed by atoms with Crippen LogP contribution < -0.4 is 21.0 Å². The second-order valence-electron chi connectivity index (χ2n) is 6.02. The van der Waals surface area contributed by atoms with Gasteiger partial charge in [-0.3, -0.25) is 20.3 Å². The summed E-state index contributed by atoms with van der Waals surface area (Å²) >= 11 is 12.4. The minimum atomic E-state index is -1.63. The van der Waals surface area contributed by atoms with Crippen molar-refractivity contribution in [1.82, 2.24) is 9.88 Å². The topological polar surface area (TPSA) is 146 Å². The van der Waals surface area contributed by atoms with E-state index in [2.05, 4.69) is 10.5 Å². The molecular weight excluding hydrogens is 437 g/mol. The Morgan fingerprint density at radius 2 is 1.90 bits per heavy atom. The first-order valence-corrected chi connectivity index (χ1v) is 9.05. The lowest BCUT2D eigenvalue weighted by atomic mass is 10.3. The highest BCUT2D eigenvalue weighted by Gasteiger charge is 2.15. The summed E-state index contributed by atoms with van der Waals surface area (Å²) in [5.74, 6) is -0.746. The van der Waals surface area contributed by atoms with Gasteiger partial charge < -0.3 is 14.4 Å². The molecule has 0 atom stereocenters. The van der Waals surface area contributed by atoms with Crippen LogP contribution in [0.25, 0.3) is 0 Å². The minimum absolute atomic E-state index is 0.0795. The Morgan fingerprint density at radius 1 is 1.27 bits per heavy atom. The zero-order chi connectivity index (χ0) is 22.4. The van der Waals surface area contributed by atoms with E-state index in [0.29, 0.717) is 5.75 Å². The second-order valence-corrected chi connectivity index (χ2v) is 6.83. The lowest BCUT2D eigenvalue weighted by molar-refractivity contribution is -0.114. The predicted molar refractivity (Wildman–Crippen MR) is 110 cm³/mol. The molecule has 0 spiro atoms. The molecule has 0 radical (unpaired) electrons. The minimum Gasteiger partial charge on any atom is -0.465 e. The second kappa shape index (κ2) is 9.78. The number of amides is 2. The Balaban J connectivity index is 2.26. The predicted octanol–water partition coefficient (Wildman–Crippen LogP) is 3.61. The van der Waals surface area contributed by atoms with Crippen molar-refractivity contribution in [1.29, 1.82) is 5.26 Å². The van der Waals surface area contributed by atoms with Gasteiger partial charge in [0, 0.05) is 12.1 Å². The molecule has 2 amide bonds. The molecule has 2 rings (SSSR count). The number of nitrogens with zero attached hydrogens (tertiary/aromatic N) is 3. The van der Waals surface area contributed by atoms with E-state index >= 15 is 0 Å². The third-order valence-corrected chi connectivity index (χ3v) is 4.09. The number of nitrogens with one attached hydrogen (secondary N) is 2. The Kier molecular flexibility index (Phi) is 7.41. The summed E-state index contributed by atoms with van der Waals surface area (Å²) in [5, 5.41) is 22.6. The summed E-state index contributed by atoms with van der Waals surface area (Å²) in [6, 6.07) is 6.95. The summed E-state index contributed by atoms with van der Waals surface area (Å²) < 4.78 is 7.18. The Bertz CT molecular complexity index is 1100. The molecule has 0 saturated heterocycles. The molecule has 0 bridgehead atoms. The number of imide groups is 1. The number of ether oxygens (including phenoxy) is 1. The smallest absolute Gasteiger partial charge is 0.411 e. The quantitative estimate of drug-likeness (QED) is 0.448. The lowest BCUT2D eigenvalue weighted by Crippen LogP contribution is -2.34. The number of benzene rings is 1. The van der Waals surface area contributed by atoms with Gasteiger partial charge in [-0.05, 0) is 32.0 Å². The number of hydrazone groups is 1.